The van der Waals surface area contributed by atoms with Crippen LogP contribution < -0.4 is 0 Å². The van der Waals surface area contributed by atoms with E-state index < -0.39 is 33.2 Å². The van der Waals surface area contributed by atoms with Crippen molar-refractivity contribution in [2.75, 3.05) is 6.61 Å². The number of hydrogen-bond acceptors (Lipinski definition) is 6. The summed E-state index contributed by atoms with van der Waals surface area (Å²) in [6.07, 6.45) is 8.10. The lowest BCUT2D eigenvalue weighted by atomic mass is 9.33. The number of ether oxygens (including phenoxy) is 1. The number of hydrogen-bond donors (Lipinski definition) is 1. The van der Waals surface area contributed by atoms with Gasteiger partial charge in [-0.1, -0.05) is 47.6 Å². The number of nitrogens with zero attached hydrogens (tertiary/aromatic N) is 1. The molecule has 6 heteroatoms. The lowest BCUT2D eigenvalue weighted by molar-refractivity contribution is -0.248. The molecule has 6 nitrogen and oxygen atoms in total. The first-order valence-electron chi connectivity index (χ1n) is 14.4. The van der Waals surface area contributed by atoms with E-state index in [4.69, 9.17) is 4.74 Å². The second-order valence-corrected chi connectivity index (χ2v) is 14.4. The zero-order valence-corrected chi connectivity index (χ0v) is 24.1. The van der Waals surface area contributed by atoms with Gasteiger partial charge in [0.15, 0.2) is 11.6 Å². The van der Waals surface area contributed by atoms with Gasteiger partial charge in [-0.15, -0.1) is 0 Å². The van der Waals surface area contributed by atoms with Crippen molar-refractivity contribution >= 4 is 17.5 Å². The van der Waals surface area contributed by atoms with Crippen molar-refractivity contribution in [1.82, 2.24) is 0 Å². The number of ketones is 2. The van der Waals surface area contributed by atoms with Crippen LogP contribution in [-0.4, -0.2) is 34.9 Å². The Bertz CT molecular complexity index is 1220. The van der Waals surface area contributed by atoms with E-state index in [-0.39, 0.29) is 47.0 Å². The van der Waals surface area contributed by atoms with Crippen molar-refractivity contribution in [3.05, 3.63) is 23.3 Å². The van der Waals surface area contributed by atoms with E-state index in [1.54, 1.807) is 19.1 Å². The van der Waals surface area contributed by atoms with Gasteiger partial charge in [0, 0.05) is 22.7 Å². The number of nitriles is 1. The third-order valence-electron chi connectivity index (χ3n) is 12.4. The number of carbonyl (C=O) groups is 3. The Kier molecular flexibility index (Phi) is 5.84. The molecule has 5 aliphatic carbocycles. The summed E-state index contributed by atoms with van der Waals surface area (Å²) in [4.78, 5) is 40.9. The Balaban J connectivity index is 1.73. The summed E-state index contributed by atoms with van der Waals surface area (Å²) in [6, 6.07) is 2.11. The second kappa shape index (κ2) is 8.13. The number of aliphatic hydroxyl groups is 1. The van der Waals surface area contributed by atoms with Crippen molar-refractivity contribution < 1.29 is 24.2 Å². The molecule has 38 heavy (non-hydrogen) atoms. The zero-order chi connectivity index (χ0) is 28.1. The van der Waals surface area contributed by atoms with Gasteiger partial charge in [-0.05, 0) is 80.3 Å². The molecule has 0 spiro atoms. The molecule has 3 saturated carbocycles. The van der Waals surface area contributed by atoms with Crippen molar-refractivity contribution in [2.24, 2.45) is 44.8 Å². The van der Waals surface area contributed by atoms with E-state index in [9.17, 15) is 24.8 Å². The van der Waals surface area contributed by atoms with Gasteiger partial charge < -0.3 is 9.84 Å². The first kappa shape index (κ1) is 27.3. The Morgan fingerprint density at radius 2 is 1.76 bits per heavy atom. The zero-order valence-electron chi connectivity index (χ0n) is 24.1. The summed E-state index contributed by atoms with van der Waals surface area (Å²) in [5.74, 6) is -1.59. The van der Waals surface area contributed by atoms with Gasteiger partial charge in [0.1, 0.15) is 11.7 Å². The van der Waals surface area contributed by atoms with Crippen LogP contribution in [-0.2, 0) is 19.1 Å². The third-order valence-corrected chi connectivity index (χ3v) is 12.4. The van der Waals surface area contributed by atoms with E-state index >= 15 is 0 Å². The van der Waals surface area contributed by atoms with Crippen molar-refractivity contribution in [2.45, 2.75) is 99.0 Å². The maximum atomic E-state index is 14.4. The monoisotopic (exact) mass is 521 g/mol. The first-order chi connectivity index (χ1) is 17.6. The quantitative estimate of drug-likeness (QED) is 0.482. The van der Waals surface area contributed by atoms with Crippen LogP contribution in [0, 0.1) is 56.2 Å². The van der Waals surface area contributed by atoms with Crippen LogP contribution in [0.3, 0.4) is 0 Å². The fraction of sp³-hybridized carbons (Fsp3) is 0.750. The maximum absolute atomic E-state index is 14.4. The van der Waals surface area contributed by atoms with Crippen LogP contribution in [0.2, 0.25) is 0 Å². The number of allylic oxidation sites excluding steroid dienone is 3. The van der Waals surface area contributed by atoms with Crippen LogP contribution in [0.1, 0.15) is 93.4 Å². The fourth-order valence-electron chi connectivity index (χ4n) is 9.88. The average molecular weight is 522 g/mol. The van der Waals surface area contributed by atoms with Crippen LogP contribution in [0.15, 0.2) is 23.3 Å². The predicted molar refractivity (Wildman–Crippen MR) is 142 cm³/mol. The molecule has 0 aromatic heterocycles. The van der Waals surface area contributed by atoms with Crippen LogP contribution in [0.5, 0.6) is 0 Å². The summed E-state index contributed by atoms with van der Waals surface area (Å²) >= 11 is 0. The van der Waals surface area contributed by atoms with E-state index in [0.717, 1.165) is 24.8 Å². The van der Waals surface area contributed by atoms with E-state index in [0.29, 0.717) is 25.7 Å². The van der Waals surface area contributed by atoms with Gasteiger partial charge in [-0.2, -0.15) is 5.26 Å². The highest BCUT2D eigenvalue weighted by molar-refractivity contribution is 6.04. The van der Waals surface area contributed by atoms with Crippen molar-refractivity contribution in [3.8, 4) is 6.07 Å². The molecule has 5 aliphatic rings. The number of Topliss-reactive ketones (excluding diaryl/α,β-unsaturated/α-hetero) is 1. The second-order valence-electron chi connectivity index (χ2n) is 14.4. The third kappa shape index (κ3) is 3.06. The molecule has 5 rings (SSSR count). The highest BCUT2D eigenvalue weighted by Crippen LogP contribution is 2.75. The minimum atomic E-state index is -1.71. The smallest absolute Gasteiger partial charge is 0.312 e. The lowest BCUT2D eigenvalue weighted by Gasteiger charge is -2.70. The molecule has 0 aliphatic heterocycles. The summed E-state index contributed by atoms with van der Waals surface area (Å²) in [5, 5.41) is 22.6. The lowest BCUT2D eigenvalue weighted by Crippen LogP contribution is -2.74. The molecule has 1 N–H and O–H groups in total. The van der Waals surface area contributed by atoms with E-state index in [2.05, 4.69) is 40.7 Å². The van der Waals surface area contributed by atoms with Crippen LogP contribution in [0.4, 0.5) is 0 Å². The highest BCUT2D eigenvalue weighted by Gasteiger charge is 2.76. The Morgan fingerprint density at radius 1 is 1.11 bits per heavy atom. The van der Waals surface area contributed by atoms with Crippen LogP contribution >= 0.6 is 0 Å². The van der Waals surface area contributed by atoms with Gasteiger partial charge in [0.25, 0.3) is 0 Å². The SMILES string of the molecule is CCOC(=O)[C@]12CCC(C)(C)CC1[C@@]1(O)C(=O)C=C3[C@@]4(C)C=C(C#N)C(=O)[C@@H](C)C4CC[C@@]3(C)[C@]1(C)CC2. The maximum Gasteiger partial charge on any atom is 0.312 e. The minimum Gasteiger partial charge on any atom is -0.466 e. The van der Waals surface area contributed by atoms with Crippen LogP contribution in [0.25, 0.3) is 0 Å². The fourth-order valence-corrected chi connectivity index (χ4v) is 9.88. The van der Waals surface area contributed by atoms with Crippen molar-refractivity contribution in [3.63, 3.8) is 0 Å². The molecule has 0 aromatic rings. The molecule has 0 heterocycles. The van der Waals surface area contributed by atoms with Crippen molar-refractivity contribution in [1.29, 1.82) is 5.26 Å². The largest absolute Gasteiger partial charge is 0.466 e. The van der Waals surface area contributed by atoms with Gasteiger partial charge in [-0.3, -0.25) is 14.4 Å². The van der Waals surface area contributed by atoms with Gasteiger partial charge >= 0.3 is 5.97 Å². The molecule has 206 valence electrons. The normalized spacial score (nSPS) is 47.3. The van der Waals surface area contributed by atoms with E-state index in [1.807, 2.05) is 6.92 Å². The average Bonchev–Trinajstić information content (AvgIpc) is 2.85. The standard InChI is InChI=1S/C32H43NO5/c1-8-38-26(36)31-13-11-27(3,4)17-23(31)32(37)24(34)15-22-28(5)16-20(18-33)25(35)19(2)21(28)9-10-29(22,6)30(32,7)12-14-31/h15-16,19,21,23,37H,8-14,17H2,1-7H3/t19-,21?,23?,28-,29+,30-,31-,32+/m0/s1. The number of esters is 1. The minimum absolute atomic E-state index is 0.00940. The molecule has 2 unspecified atom stereocenters. The number of rotatable bonds is 2. The molecule has 0 saturated heterocycles. The summed E-state index contributed by atoms with van der Waals surface area (Å²) in [5.41, 5.74) is -3.59. The van der Waals surface area contributed by atoms with Gasteiger partial charge in [0.05, 0.1) is 17.6 Å². The summed E-state index contributed by atoms with van der Waals surface area (Å²) < 4.78 is 5.62. The van der Waals surface area contributed by atoms with E-state index in [1.165, 1.54) is 0 Å². The molecule has 0 amide bonds. The Labute approximate surface area is 226 Å². The predicted octanol–water partition coefficient (Wildman–Crippen LogP) is 5.49. The Hall–Kier alpha value is -2.26. The topological polar surface area (TPSA) is 104 Å². The highest BCUT2D eigenvalue weighted by atomic mass is 16.5. The summed E-state index contributed by atoms with van der Waals surface area (Å²) in [7, 11) is 0. The molecular formula is C32H43NO5. The number of carbonyl (C=O) groups excluding carboxylic acids is 3. The molecular weight excluding hydrogens is 478 g/mol. The first-order valence-corrected chi connectivity index (χ1v) is 14.4. The molecule has 8 atom stereocenters. The molecule has 3 fully saturated rings. The molecule has 0 bridgehead atoms. The van der Waals surface area contributed by atoms with Gasteiger partial charge in [0.2, 0.25) is 0 Å². The molecule has 0 aromatic carbocycles. The molecule has 0 radical (unpaired) electrons. The number of fused-ring (bicyclic) bond motifs is 7. The van der Waals surface area contributed by atoms with Gasteiger partial charge in [-0.25, -0.2) is 0 Å². The Morgan fingerprint density at radius 3 is 2.39 bits per heavy atom. The summed E-state index contributed by atoms with van der Waals surface area (Å²) in [6.45, 7) is 14.6.